The highest BCUT2D eigenvalue weighted by molar-refractivity contribution is 6.63. The number of hydrogen-bond acceptors (Lipinski definition) is 3. The molecule has 1 heterocycles. The molecule has 1 aliphatic heterocycles. The topological polar surface area (TPSA) is 63.4 Å². The second-order valence-electron chi connectivity index (χ2n) is 4.97. The van der Waals surface area contributed by atoms with Gasteiger partial charge < -0.3 is 10.6 Å². The molecule has 0 bridgehead atoms. The van der Waals surface area contributed by atoms with E-state index in [9.17, 15) is 9.59 Å². The second kappa shape index (κ2) is 10.4. The van der Waals surface area contributed by atoms with Gasteiger partial charge in [0.2, 0.25) is 11.1 Å². The molecule has 0 spiro atoms. The summed E-state index contributed by atoms with van der Waals surface area (Å²) in [4.78, 5) is 23.2. The number of rotatable bonds is 6. The lowest BCUT2D eigenvalue weighted by molar-refractivity contribution is -0.127. The van der Waals surface area contributed by atoms with Gasteiger partial charge >= 0.3 is 0 Å². The molecule has 0 atom stereocenters. The molecule has 21 heavy (non-hydrogen) atoms. The van der Waals surface area contributed by atoms with Crippen LogP contribution in [0.15, 0.2) is 30.3 Å². The van der Waals surface area contributed by atoms with Crippen LogP contribution in [0.25, 0.3) is 0 Å². The van der Waals surface area contributed by atoms with E-state index in [0.717, 1.165) is 44.3 Å². The molecule has 0 unspecified atom stereocenters. The molecule has 0 aromatic heterocycles. The van der Waals surface area contributed by atoms with Gasteiger partial charge in [-0.2, -0.15) is 0 Å². The number of nitrogens with zero attached hydrogens (tertiary/aromatic N) is 1. The first-order valence-corrected chi connectivity index (χ1v) is 7.71. The number of aryl methyl sites for hydroxylation is 1. The van der Waals surface area contributed by atoms with Gasteiger partial charge in [-0.25, -0.2) is 0 Å². The van der Waals surface area contributed by atoms with Crippen molar-refractivity contribution in [2.75, 3.05) is 19.6 Å². The molecule has 0 saturated carbocycles. The monoisotopic (exact) mass is 310 g/mol. The van der Waals surface area contributed by atoms with E-state index in [2.05, 4.69) is 0 Å². The zero-order valence-corrected chi connectivity index (χ0v) is 13.0. The summed E-state index contributed by atoms with van der Waals surface area (Å²) in [5.41, 5.74) is 6.47. The summed E-state index contributed by atoms with van der Waals surface area (Å²) in [6.45, 7) is 2.48. The molecule has 1 amide bonds. The number of hydrogen-bond donors (Lipinski definition) is 1. The largest absolute Gasteiger partial charge is 0.343 e. The van der Waals surface area contributed by atoms with Gasteiger partial charge in [-0.1, -0.05) is 30.3 Å². The Morgan fingerprint density at radius 3 is 2.52 bits per heavy atom. The lowest BCUT2D eigenvalue weighted by Crippen LogP contribution is -2.27. The van der Waals surface area contributed by atoms with E-state index in [1.807, 2.05) is 35.2 Å². The average Bonchev–Trinajstić information content (AvgIpc) is 2.90. The summed E-state index contributed by atoms with van der Waals surface area (Å²) in [5, 5.41) is -0.270. The van der Waals surface area contributed by atoms with Crippen LogP contribution in [-0.4, -0.2) is 35.7 Å². The van der Waals surface area contributed by atoms with Crippen LogP contribution in [0.1, 0.15) is 31.2 Å². The fraction of sp³-hybridized carbons (Fsp3) is 0.500. The molecule has 0 aliphatic carbocycles. The van der Waals surface area contributed by atoms with Crippen molar-refractivity contribution >= 4 is 22.8 Å². The van der Waals surface area contributed by atoms with Crippen molar-refractivity contribution in [3.63, 3.8) is 0 Å². The van der Waals surface area contributed by atoms with E-state index in [0.29, 0.717) is 18.9 Å². The van der Waals surface area contributed by atoms with Gasteiger partial charge in [-0.05, 0) is 43.0 Å². The summed E-state index contributed by atoms with van der Waals surface area (Å²) in [5.74, 6) is 0.299. The molecule has 2 rings (SSSR count). The number of likely N-dealkylation sites (tertiary alicyclic amines) is 1. The molecule has 5 heteroatoms. The van der Waals surface area contributed by atoms with Gasteiger partial charge in [0.05, 0.1) is 0 Å². The third-order valence-electron chi connectivity index (χ3n) is 3.26. The van der Waals surface area contributed by atoms with Gasteiger partial charge in [-0.15, -0.1) is 0 Å². The van der Waals surface area contributed by atoms with Crippen LogP contribution >= 0.6 is 11.6 Å². The maximum atomic E-state index is 11.0. The standard InChI is InChI=1S/C9H9ClO.C7H14N2O/c10-9(11)7-6-8-4-2-1-3-5-8;8-4-2-6-9-5-1-3-7(9)10/h1-5H,6-7H2;1-6,8H2. The van der Waals surface area contributed by atoms with Crippen molar-refractivity contribution in [1.82, 2.24) is 4.90 Å². The molecular formula is C16H23ClN2O2. The van der Waals surface area contributed by atoms with E-state index >= 15 is 0 Å². The normalized spacial score (nSPS) is 13.8. The Kier molecular flexibility index (Phi) is 8.71. The van der Waals surface area contributed by atoms with Crippen LogP contribution in [0.3, 0.4) is 0 Å². The van der Waals surface area contributed by atoms with Gasteiger partial charge in [-0.3, -0.25) is 9.59 Å². The maximum absolute atomic E-state index is 11.0. The summed E-state index contributed by atoms with van der Waals surface area (Å²) >= 11 is 5.19. The number of halogens is 1. The first kappa shape index (κ1) is 17.7. The Labute approximate surface area is 131 Å². The fourth-order valence-electron chi connectivity index (χ4n) is 2.11. The summed E-state index contributed by atoms with van der Waals surface area (Å²) in [6.07, 6.45) is 3.87. The van der Waals surface area contributed by atoms with Crippen LogP contribution in [-0.2, 0) is 16.0 Å². The molecule has 1 fully saturated rings. The minimum Gasteiger partial charge on any atom is -0.343 e. The molecule has 1 saturated heterocycles. The van der Waals surface area contributed by atoms with Crippen LogP contribution < -0.4 is 5.73 Å². The average molecular weight is 311 g/mol. The Bertz CT molecular complexity index is 437. The molecule has 1 aliphatic rings. The highest BCUT2D eigenvalue weighted by Gasteiger charge is 2.18. The van der Waals surface area contributed by atoms with Crippen LogP contribution in [0.2, 0.25) is 0 Å². The number of carbonyl (C=O) groups is 2. The van der Waals surface area contributed by atoms with Crippen molar-refractivity contribution in [3.8, 4) is 0 Å². The van der Waals surface area contributed by atoms with Crippen LogP contribution in [0.5, 0.6) is 0 Å². The minimum atomic E-state index is -0.270. The molecule has 4 nitrogen and oxygen atoms in total. The predicted molar refractivity (Wildman–Crippen MR) is 85.1 cm³/mol. The Balaban J connectivity index is 0.000000211. The molecule has 0 radical (unpaired) electrons. The van der Waals surface area contributed by atoms with Crippen LogP contribution in [0, 0.1) is 0 Å². The lowest BCUT2D eigenvalue weighted by atomic mass is 10.1. The van der Waals surface area contributed by atoms with Crippen molar-refractivity contribution in [3.05, 3.63) is 35.9 Å². The third kappa shape index (κ3) is 7.83. The van der Waals surface area contributed by atoms with Crippen LogP contribution in [0.4, 0.5) is 0 Å². The number of benzene rings is 1. The van der Waals surface area contributed by atoms with Crippen molar-refractivity contribution in [2.24, 2.45) is 5.73 Å². The summed E-state index contributed by atoms with van der Waals surface area (Å²) < 4.78 is 0. The Morgan fingerprint density at radius 2 is 2.00 bits per heavy atom. The number of amides is 1. The van der Waals surface area contributed by atoms with E-state index in [1.165, 1.54) is 0 Å². The van der Waals surface area contributed by atoms with Crippen molar-refractivity contribution < 1.29 is 9.59 Å². The smallest absolute Gasteiger partial charge is 0.222 e. The van der Waals surface area contributed by atoms with E-state index in [-0.39, 0.29) is 5.24 Å². The molecule has 1 aromatic rings. The Morgan fingerprint density at radius 1 is 1.29 bits per heavy atom. The molecule has 1 aromatic carbocycles. The first-order chi connectivity index (χ1) is 10.1. The highest BCUT2D eigenvalue weighted by Crippen LogP contribution is 2.08. The van der Waals surface area contributed by atoms with Crippen molar-refractivity contribution in [2.45, 2.75) is 32.1 Å². The van der Waals surface area contributed by atoms with E-state index in [1.54, 1.807) is 0 Å². The SMILES string of the molecule is NCCCN1CCCC1=O.O=C(Cl)CCc1ccccc1. The quantitative estimate of drug-likeness (QED) is 0.820. The highest BCUT2D eigenvalue weighted by atomic mass is 35.5. The molecular weight excluding hydrogens is 288 g/mol. The van der Waals surface area contributed by atoms with E-state index in [4.69, 9.17) is 17.3 Å². The number of carbonyl (C=O) groups excluding carboxylic acids is 2. The third-order valence-corrected chi connectivity index (χ3v) is 3.45. The second-order valence-corrected chi connectivity index (χ2v) is 5.39. The van der Waals surface area contributed by atoms with Crippen molar-refractivity contribution in [1.29, 1.82) is 0 Å². The zero-order valence-electron chi connectivity index (χ0n) is 12.3. The van der Waals surface area contributed by atoms with Gasteiger partial charge in [0.15, 0.2) is 0 Å². The fourth-order valence-corrected chi connectivity index (χ4v) is 2.20. The van der Waals surface area contributed by atoms with Gasteiger partial charge in [0.1, 0.15) is 0 Å². The van der Waals surface area contributed by atoms with Gasteiger partial charge in [0, 0.05) is 25.9 Å². The Hall–Kier alpha value is -1.39. The predicted octanol–water partition coefficient (Wildman–Crippen LogP) is 2.34. The maximum Gasteiger partial charge on any atom is 0.222 e. The lowest BCUT2D eigenvalue weighted by Gasteiger charge is -2.13. The number of nitrogens with two attached hydrogens (primary N) is 1. The van der Waals surface area contributed by atoms with E-state index < -0.39 is 0 Å². The molecule has 2 N–H and O–H groups in total. The summed E-state index contributed by atoms with van der Waals surface area (Å²) in [7, 11) is 0. The van der Waals surface area contributed by atoms with Gasteiger partial charge in [0.25, 0.3) is 0 Å². The first-order valence-electron chi connectivity index (χ1n) is 7.33. The zero-order chi connectivity index (χ0) is 15.5. The summed E-state index contributed by atoms with van der Waals surface area (Å²) in [6, 6.07) is 9.83. The minimum absolute atomic E-state index is 0.270. The molecule has 116 valence electrons.